The number of nitro groups is 1. The molecular formula is C14H9ClN2O4. The molecule has 0 spiro atoms. The zero-order valence-corrected chi connectivity index (χ0v) is 11.6. The van der Waals surface area contributed by atoms with Crippen LogP contribution in [0.1, 0.15) is 0 Å². The molecule has 1 aromatic heterocycles. The van der Waals surface area contributed by atoms with Crippen molar-refractivity contribution in [3.63, 3.8) is 0 Å². The summed E-state index contributed by atoms with van der Waals surface area (Å²) in [6.07, 6.45) is 0. The minimum absolute atomic E-state index is 0.143. The highest BCUT2D eigenvalue weighted by atomic mass is 35.5. The fourth-order valence-electron chi connectivity index (χ4n) is 1.99. The van der Waals surface area contributed by atoms with Gasteiger partial charge in [0.15, 0.2) is 11.3 Å². The Bertz CT molecular complexity index is 844. The van der Waals surface area contributed by atoms with Crippen LogP contribution in [0.15, 0.2) is 40.8 Å². The molecule has 0 aliphatic heterocycles. The summed E-state index contributed by atoms with van der Waals surface area (Å²) in [5, 5.41) is 11.6. The Morgan fingerprint density at radius 1 is 1.29 bits per heavy atom. The average molecular weight is 305 g/mol. The number of oxazole rings is 1. The van der Waals surface area contributed by atoms with Gasteiger partial charge in [-0.15, -0.1) is 0 Å². The number of methoxy groups -OCH3 is 1. The van der Waals surface area contributed by atoms with Crippen LogP contribution in [0.3, 0.4) is 0 Å². The van der Waals surface area contributed by atoms with Gasteiger partial charge in [0, 0.05) is 16.7 Å². The molecule has 3 rings (SSSR count). The molecule has 0 atom stereocenters. The second-order valence-corrected chi connectivity index (χ2v) is 4.71. The van der Waals surface area contributed by atoms with Crippen LogP contribution in [0.25, 0.3) is 22.6 Å². The van der Waals surface area contributed by atoms with Gasteiger partial charge in [-0.25, -0.2) is 4.98 Å². The lowest BCUT2D eigenvalue weighted by Gasteiger charge is -2.02. The predicted molar refractivity (Wildman–Crippen MR) is 77.7 cm³/mol. The monoisotopic (exact) mass is 304 g/mol. The smallest absolute Gasteiger partial charge is 0.311 e. The third-order valence-corrected chi connectivity index (χ3v) is 3.21. The first-order valence-electron chi connectivity index (χ1n) is 5.97. The lowest BCUT2D eigenvalue weighted by atomic mass is 10.2. The molecule has 0 radical (unpaired) electrons. The normalized spacial score (nSPS) is 10.8. The molecule has 1 heterocycles. The molecule has 21 heavy (non-hydrogen) atoms. The Labute approximate surface area is 124 Å². The van der Waals surface area contributed by atoms with Crippen molar-refractivity contribution in [1.29, 1.82) is 0 Å². The lowest BCUT2D eigenvalue weighted by Crippen LogP contribution is -1.94. The highest BCUT2D eigenvalue weighted by molar-refractivity contribution is 6.31. The fourth-order valence-corrected chi connectivity index (χ4v) is 2.16. The van der Waals surface area contributed by atoms with Crippen LogP contribution in [-0.2, 0) is 0 Å². The number of halogens is 1. The first-order valence-corrected chi connectivity index (χ1v) is 6.35. The number of nitro benzene ring substituents is 1. The van der Waals surface area contributed by atoms with Gasteiger partial charge in [-0.2, -0.15) is 0 Å². The van der Waals surface area contributed by atoms with E-state index in [1.54, 1.807) is 24.3 Å². The summed E-state index contributed by atoms with van der Waals surface area (Å²) >= 11 is 5.89. The van der Waals surface area contributed by atoms with Crippen molar-refractivity contribution in [3.8, 4) is 17.2 Å². The van der Waals surface area contributed by atoms with E-state index in [1.807, 2.05) is 0 Å². The highest BCUT2D eigenvalue weighted by Gasteiger charge is 2.18. The van der Waals surface area contributed by atoms with Crippen molar-refractivity contribution >= 4 is 28.4 Å². The number of hydrogen-bond donors (Lipinski definition) is 0. The first-order chi connectivity index (χ1) is 10.1. The Kier molecular flexibility index (Phi) is 3.23. The zero-order chi connectivity index (χ0) is 15.0. The summed E-state index contributed by atoms with van der Waals surface area (Å²) in [5.74, 6) is 0.473. The second-order valence-electron chi connectivity index (χ2n) is 4.27. The van der Waals surface area contributed by atoms with Gasteiger partial charge in [-0.3, -0.25) is 10.1 Å². The van der Waals surface area contributed by atoms with E-state index in [2.05, 4.69) is 4.98 Å². The van der Waals surface area contributed by atoms with Crippen molar-refractivity contribution < 1.29 is 14.1 Å². The van der Waals surface area contributed by atoms with Crippen LogP contribution >= 0.6 is 11.6 Å². The molecule has 0 fully saturated rings. The minimum Gasteiger partial charge on any atom is -0.490 e. The van der Waals surface area contributed by atoms with E-state index in [4.69, 9.17) is 20.8 Å². The SMILES string of the molecule is COc1ccc(-c2nc3cc(Cl)ccc3o2)cc1[N+](=O)[O-]. The van der Waals surface area contributed by atoms with Crippen LogP contribution in [0, 0.1) is 10.1 Å². The molecular weight excluding hydrogens is 296 g/mol. The number of fused-ring (bicyclic) bond motifs is 1. The summed E-state index contributed by atoms with van der Waals surface area (Å²) in [6, 6.07) is 9.59. The molecule has 0 aliphatic carbocycles. The number of benzene rings is 2. The largest absolute Gasteiger partial charge is 0.490 e. The van der Waals surface area contributed by atoms with Crippen molar-refractivity contribution in [2.75, 3.05) is 7.11 Å². The van der Waals surface area contributed by atoms with E-state index in [0.717, 1.165) is 0 Å². The molecule has 0 bridgehead atoms. The molecule has 0 aliphatic rings. The van der Waals surface area contributed by atoms with E-state index >= 15 is 0 Å². The number of aromatic nitrogens is 1. The quantitative estimate of drug-likeness (QED) is 0.538. The third kappa shape index (κ3) is 2.41. The molecule has 0 saturated heterocycles. The molecule has 2 aromatic carbocycles. The lowest BCUT2D eigenvalue weighted by molar-refractivity contribution is -0.385. The van der Waals surface area contributed by atoms with Crippen LogP contribution in [-0.4, -0.2) is 17.0 Å². The van der Waals surface area contributed by atoms with E-state index in [0.29, 0.717) is 21.7 Å². The number of hydrogen-bond acceptors (Lipinski definition) is 5. The average Bonchev–Trinajstić information content (AvgIpc) is 2.89. The molecule has 0 amide bonds. The van der Waals surface area contributed by atoms with Gasteiger partial charge < -0.3 is 9.15 Å². The predicted octanol–water partition coefficient (Wildman–Crippen LogP) is 4.07. The maximum Gasteiger partial charge on any atom is 0.311 e. The summed E-state index contributed by atoms with van der Waals surface area (Å²) in [7, 11) is 1.38. The van der Waals surface area contributed by atoms with Crippen LogP contribution in [0.4, 0.5) is 5.69 Å². The molecule has 0 unspecified atom stereocenters. The minimum atomic E-state index is -0.512. The standard InChI is InChI=1S/C14H9ClN2O4/c1-20-13-4-2-8(6-11(13)17(18)19)14-16-10-7-9(15)3-5-12(10)21-14/h2-7H,1H3. The van der Waals surface area contributed by atoms with Gasteiger partial charge in [0.1, 0.15) is 5.52 Å². The Morgan fingerprint density at radius 2 is 2.10 bits per heavy atom. The Hall–Kier alpha value is -2.60. The zero-order valence-electron chi connectivity index (χ0n) is 10.9. The fraction of sp³-hybridized carbons (Fsp3) is 0.0714. The van der Waals surface area contributed by atoms with Crippen LogP contribution < -0.4 is 4.74 Å². The van der Waals surface area contributed by atoms with Crippen molar-refractivity contribution in [3.05, 3.63) is 51.5 Å². The Morgan fingerprint density at radius 3 is 2.81 bits per heavy atom. The second kappa shape index (κ2) is 5.06. The molecule has 3 aromatic rings. The van der Waals surface area contributed by atoms with E-state index in [9.17, 15) is 10.1 Å². The van der Waals surface area contributed by atoms with Gasteiger partial charge in [-0.05, 0) is 30.3 Å². The third-order valence-electron chi connectivity index (χ3n) is 2.97. The molecule has 0 saturated carbocycles. The van der Waals surface area contributed by atoms with Crippen LogP contribution in [0.2, 0.25) is 5.02 Å². The van der Waals surface area contributed by atoms with Gasteiger partial charge in [0.05, 0.1) is 12.0 Å². The topological polar surface area (TPSA) is 78.4 Å². The molecule has 106 valence electrons. The molecule has 0 N–H and O–H groups in total. The maximum atomic E-state index is 11.0. The first kappa shape index (κ1) is 13.4. The summed E-state index contributed by atoms with van der Waals surface area (Å²) in [4.78, 5) is 14.8. The van der Waals surface area contributed by atoms with Crippen molar-refractivity contribution in [1.82, 2.24) is 4.98 Å². The van der Waals surface area contributed by atoms with Gasteiger partial charge >= 0.3 is 5.69 Å². The summed E-state index contributed by atoms with van der Waals surface area (Å²) < 4.78 is 10.5. The van der Waals surface area contributed by atoms with E-state index in [1.165, 1.54) is 19.2 Å². The van der Waals surface area contributed by atoms with E-state index < -0.39 is 4.92 Å². The van der Waals surface area contributed by atoms with Crippen molar-refractivity contribution in [2.45, 2.75) is 0 Å². The van der Waals surface area contributed by atoms with E-state index in [-0.39, 0.29) is 17.3 Å². The number of nitrogens with zero attached hydrogens (tertiary/aromatic N) is 2. The number of rotatable bonds is 3. The Balaban J connectivity index is 2.13. The summed E-state index contributed by atoms with van der Waals surface area (Å²) in [5.41, 5.74) is 1.51. The van der Waals surface area contributed by atoms with Gasteiger partial charge in [0.2, 0.25) is 5.89 Å². The van der Waals surface area contributed by atoms with Gasteiger partial charge in [-0.1, -0.05) is 11.6 Å². The maximum absolute atomic E-state index is 11.0. The number of ether oxygens (including phenoxy) is 1. The van der Waals surface area contributed by atoms with Crippen LogP contribution in [0.5, 0.6) is 5.75 Å². The van der Waals surface area contributed by atoms with Crippen molar-refractivity contribution in [2.24, 2.45) is 0 Å². The highest BCUT2D eigenvalue weighted by Crippen LogP contribution is 2.33. The molecule has 7 heteroatoms. The molecule has 6 nitrogen and oxygen atoms in total. The summed E-state index contributed by atoms with van der Waals surface area (Å²) in [6.45, 7) is 0. The van der Waals surface area contributed by atoms with Gasteiger partial charge in [0.25, 0.3) is 0 Å².